The third-order valence-corrected chi connectivity index (χ3v) is 4.73. The predicted molar refractivity (Wildman–Crippen MR) is 120 cm³/mol. The summed E-state index contributed by atoms with van der Waals surface area (Å²) in [5.41, 5.74) is 2.59. The zero-order valence-electron chi connectivity index (χ0n) is 18.2. The van der Waals surface area contributed by atoms with Crippen LogP contribution in [0.4, 0.5) is 10.1 Å². The van der Waals surface area contributed by atoms with E-state index >= 15 is 0 Å². The normalized spacial score (nSPS) is 10.2. The molecule has 0 saturated carbocycles. The average molecular weight is 447 g/mol. The summed E-state index contributed by atoms with van der Waals surface area (Å²) in [5.74, 6) is -1.66. The molecule has 0 aliphatic carbocycles. The minimum atomic E-state index is -0.618. The molecule has 33 heavy (non-hydrogen) atoms. The van der Waals surface area contributed by atoms with Crippen molar-refractivity contribution in [2.24, 2.45) is 0 Å². The molecule has 0 fully saturated rings. The van der Waals surface area contributed by atoms with Gasteiger partial charge in [-0.1, -0.05) is 30.3 Å². The Morgan fingerprint density at radius 1 is 1.12 bits per heavy atom. The van der Waals surface area contributed by atoms with Crippen molar-refractivity contribution in [2.75, 3.05) is 24.7 Å². The summed E-state index contributed by atoms with van der Waals surface area (Å²) in [4.78, 5) is 30.6. The number of halogens is 1. The fourth-order valence-corrected chi connectivity index (χ4v) is 3.13. The number of anilines is 1. The highest BCUT2D eigenvalue weighted by molar-refractivity contribution is 5.98. The molecule has 1 amide bonds. The molecular formula is C25H22FN3O4. The zero-order valence-corrected chi connectivity index (χ0v) is 18.2. The molecule has 2 aromatic carbocycles. The molecule has 0 unspecified atom stereocenters. The molecule has 0 spiro atoms. The summed E-state index contributed by atoms with van der Waals surface area (Å²) in [6.07, 6.45) is 0. The molecule has 3 aromatic rings. The van der Waals surface area contributed by atoms with Gasteiger partial charge in [0.15, 0.2) is 6.61 Å². The van der Waals surface area contributed by atoms with E-state index in [1.165, 1.54) is 24.3 Å². The highest BCUT2D eigenvalue weighted by Crippen LogP contribution is 2.26. The maximum Gasteiger partial charge on any atom is 0.326 e. The van der Waals surface area contributed by atoms with Crippen LogP contribution in [0.1, 0.15) is 18.1 Å². The Balaban J connectivity index is 1.86. The number of pyridine rings is 1. The van der Waals surface area contributed by atoms with Crippen molar-refractivity contribution in [3.05, 3.63) is 77.6 Å². The van der Waals surface area contributed by atoms with Crippen molar-refractivity contribution in [1.82, 2.24) is 4.98 Å². The van der Waals surface area contributed by atoms with Gasteiger partial charge in [-0.15, -0.1) is 0 Å². The first kappa shape index (κ1) is 23.4. The molecule has 3 rings (SSSR count). The first-order valence-electron chi connectivity index (χ1n) is 10.2. The van der Waals surface area contributed by atoms with Crippen molar-refractivity contribution >= 4 is 17.6 Å². The number of aromatic nitrogens is 1. The van der Waals surface area contributed by atoms with Crippen LogP contribution < -0.4 is 9.64 Å². The molecule has 0 atom stereocenters. The van der Waals surface area contributed by atoms with Gasteiger partial charge < -0.3 is 9.47 Å². The van der Waals surface area contributed by atoms with Gasteiger partial charge in [0, 0.05) is 11.3 Å². The van der Waals surface area contributed by atoms with Crippen molar-refractivity contribution < 1.29 is 23.5 Å². The van der Waals surface area contributed by atoms with Crippen LogP contribution in [0.2, 0.25) is 0 Å². The van der Waals surface area contributed by atoms with Crippen LogP contribution in [-0.2, 0) is 14.3 Å². The van der Waals surface area contributed by atoms with Crippen LogP contribution in [0.3, 0.4) is 0 Å². The molecule has 0 saturated heterocycles. The van der Waals surface area contributed by atoms with E-state index < -0.39 is 24.3 Å². The zero-order chi connectivity index (χ0) is 23.8. The average Bonchev–Trinajstić information content (AvgIpc) is 2.82. The number of esters is 1. The van der Waals surface area contributed by atoms with Crippen LogP contribution >= 0.6 is 0 Å². The smallest absolute Gasteiger partial charge is 0.326 e. The van der Waals surface area contributed by atoms with Crippen molar-refractivity contribution in [1.29, 1.82) is 5.26 Å². The SMILES string of the molecule is CCOC(=O)CN(C(=O)COc1nc(-c2ccccc2)cc(C)c1C#N)c1ccc(F)cc1. The van der Waals surface area contributed by atoms with Gasteiger partial charge in [0.25, 0.3) is 5.91 Å². The monoisotopic (exact) mass is 447 g/mol. The number of rotatable bonds is 8. The number of carbonyl (C=O) groups is 2. The van der Waals surface area contributed by atoms with Gasteiger partial charge in [0.05, 0.1) is 12.3 Å². The second-order valence-corrected chi connectivity index (χ2v) is 7.03. The number of carbonyl (C=O) groups excluding carboxylic acids is 2. The Labute approximate surface area is 191 Å². The largest absolute Gasteiger partial charge is 0.467 e. The van der Waals surface area contributed by atoms with Crippen LogP contribution in [0.5, 0.6) is 5.88 Å². The lowest BCUT2D eigenvalue weighted by Gasteiger charge is -2.22. The lowest BCUT2D eigenvalue weighted by Crippen LogP contribution is -2.39. The molecular weight excluding hydrogens is 425 g/mol. The van der Waals surface area contributed by atoms with Gasteiger partial charge in [-0.25, -0.2) is 9.37 Å². The molecule has 0 bridgehead atoms. The first-order chi connectivity index (χ1) is 15.9. The summed E-state index contributed by atoms with van der Waals surface area (Å²) in [7, 11) is 0. The number of nitrogens with zero attached hydrogens (tertiary/aromatic N) is 3. The van der Waals surface area contributed by atoms with E-state index in [2.05, 4.69) is 11.1 Å². The van der Waals surface area contributed by atoms with E-state index in [0.29, 0.717) is 16.9 Å². The maximum atomic E-state index is 13.3. The molecule has 0 aliphatic heterocycles. The molecule has 0 N–H and O–H groups in total. The number of benzene rings is 2. The van der Waals surface area contributed by atoms with Crippen LogP contribution in [0.25, 0.3) is 11.3 Å². The first-order valence-corrected chi connectivity index (χ1v) is 10.2. The van der Waals surface area contributed by atoms with Gasteiger partial charge in [0.1, 0.15) is 24.0 Å². The van der Waals surface area contributed by atoms with E-state index in [1.807, 2.05) is 30.3 Å². The molecule has 0 radical (unpaired) electrons. The van der Waals surface area contributed by atoms with Crippen molar-refractivity contribution in [3.8, 4) is 23.2 Å². The molecule has 1 heterocycles. The lowest BCUT2D eigenvalue weighted by atomic mass is 10.1. The van der Waals surface area contributed by atoms with Crippen LogP contribution in [-0.4, -0.2) is 36.6 Å². The highest BCUT2D eigenvalue weighted by atomic mass is 19.1. The van der Waals surface area contributed by atoms with E-state index in [1.54, 1.807) is 19.9 Å². The Hall–Kier alpha value is -4.25. The summed E-state index contributed by atoms with van der Waals surface area (Å²) in [5, 5.41) is 9.56. The summed E-state index contributed by atoms with van der Waals surface area (Å²) >= 11 is 0. The third kappa shape index (κ3) is 5.92. The van der Waals surface area contributed by atoms with E-state index in [-0.39, 0.29) is 24.6 Å². The van der Waals surface area contributed by atoms with Gasteiger partial charge in [-0.05, 0) is 49.7 Å². The van der Waals surface area contributed by atoms with Gasteiger partial charge in [-0.3, -0.25) is 14.5 Å². The van der Waals surface area contributed by atoms with E-state index in [9.17, 15) is 19.2 Å². The fourth-order valence-electron chi connectivity index (χ4n) is 3.13. The van der Waals surface area contributed by atoms with Gasteiger partial charge in [0.2, 0.25) is 5.88 Å². The second kappa shape index (κ2) is 10.9. The standard InChI is InChI=1S/C25H22FN3O4/c1-3-32-24(31)15-29(20-11-9-19(26)10-12-20)23(30)16-33-25-21(14-27)17(2)13-22(28-25)18-7-5-4-6-8-18/h4-13H,3,15-16H2,1-2H3. The number of nitriles is 1. The minimum Gasteiger partial charge on any atom is -0.467 e. The quantitative estimate of drug-likeness (QED) is 0.484. The molecule has 1 aromatic heterocycles. The van der Waals surface area contributed by atoms with Crippen LogP contribution in [0.15, 0.2) is 60.7 Å². The molecule has 7 nitrogen and oxygen atoms in total. The Bertz CT molecular complexity index is 1170. The Morgan fingerprint density at radius 2 is 1.82 bits per heavy atom. The van der Waals surface area contributed by atoms with Gasteiger partial charge >= 0.3 is 5.97 Å². The summed E-state index contributed by atoms with van der Waals surface area (Å²) < 4.78 is 23.9. The van der Waals surface area contributed by atoms with Crippen molar-refractivity contribution in [3.63, 3.8) is 0 Å². The number of ether oxygens (including phenoxy) is 2. The predicted octanol–water partition coefficient (Wildman–Crippen LogP) is 4.04. The maximum absolute atomic E-state index is 13.3. The highest BCUT2D eigenvalue weighted by Gasteiger charge is 2.22. The second-order valence-electron chi connectivity index (χ2n) is 7.03. The number of aryl methyl sites for hydroxylation is 1. The number of amides is 1. The number of hydrogen-bond acceptors (Lipinski definition) is 6. The van der Waals surface area contributed by atoms with Crippen LogP contribution in [0, 0.1) is 24.1 Å². The summed E-state index contributed by atoms with van der Waals surface area (Å²) in [6, 6.07) is 18.3. The molecule has 168 valence electrons. The number of hydrogen-bond donors (Lipinski definition) is 0. The minimum absolute atomic E-state index is 0.0138. The topological polar surface area (TPSA) is 92.5 Å². The van der Waals surface area contributed by atoms with E-state index in [4.69, 9.17) is 9.47 Å². The summed E-state index contributed by atoms with van der Waals surface area (Å²) in [6.45, 7) is 2.70. The third-order valence-electron chi connectivity index (χ3n) is 4.73. The van der Waals surface area contributed by atoms with Gasteiger partial charge in [-0.2, -0.15) is 5.26 Å². The van der Waals surface area contributed by atoms with Crippen molar-refractivity contribution in [2.45, 2.75) is 13.8 Å². The fraction of sp³-hybridized carbons (Fsp3) is 0.200. The molecule has 0 aliphatic rings. The molecule has 8 heteroatoms. The Morgan fingerprint density at radius 3 is 2.45 bits per heavy atom. The van der Waals surface area contributed by atoms with E-state index in [0.717, 1.165) is 10.5 Å². The lowest BCUT2D eigenvalue weighted by molar-refractivity contribution is -0.142. The Kier molecular flexibility index (Phi) is 7.71.